The fourth-order valence-electron chi connectivity index (χ4n) is 5.01. The summed E-state index contributed by atoms with van der Waals surface area (Å²) in [6.07, 6.45) is 3.87. The Hall–Kier alpha value is -2.60. The molecule has 6 heteroatoms. The molecule has 0 bridgehead atoms. The first-order chi connectivity index (χ1) is 15.0. The molecule has 2 aliphatic heterocycles. The maximum absolute atomic E-state index is 13.1. The second-order valence-corrected chi connectivity index (χ2v) is 8.78. The van der Waals surface area contributed by atoms with E-state index in [9.17, 15) is 9.59 Å². The SMILES string of the molecule is CCCCOc1ccc(C(=O)N2CCC3(CC2)c2ccc(C(C)=O)n2CCN3C)cc1. The third kappa shape index (κ3) is 4.01. The Morgan fingerprint density at radius 1 is 1.00 bits per heavy atom. The first-order valence-corrected chi connectivity index (χ1v) is 11.4. The molecule has 31 heavy (non-hydrogen) atoms. The topological polar surface area (TPSA) is 54.8 Å². The number of hydrogen-bond donors (Lipinski definition) is 0. The van der Waals surface area contributed by atoms with E-state index in [0.717, 1.165) is 50.2 Å². The van der Waals surface area contributed by atoms with Gasteiger partial charge in [0.1, 0.15) is 5.75 Å². The molecule has 1 saturated heterocycles. The van der Waals surface area contributed by atoms with Crippen LogP contribution in [0.15, 0.2) is 36.4 Å². The Morgan fingerprint density at radius 2 is 1.71 bits per heavy atom. The van der Waals surface area contributed by atoms with Crippen molar-refractivity contribution < 1.29 is 14.3 Å². The first kappa shape index (κ1) is 21.6. The minimum absolute atomic E-state index is 0.0771. The average Bonchev–Trinajstić information content (AvgIpc) is 3.23. The number of Topliss-reactive ketones (excluding diaryl/α,β-unsaturated/α-hetero) is 1. The molecule has 0 unspecified atom stereocenters. The predicted molar refractivity (Wildman–Crippen MR) is 121 cm³/mol. The summed E-state index contributed by atoms with van der Waals surface area (Å²) < 4.78 is 7.90. The predicted octanol–water partition coefficient (Wildman–Crippen LogP) is 3.95. The summed E-state index contributed by atoms with van der Waals surface area (Å²) in [5.74, 6) is 1.00. The molecule has 166 valence electrons. The number of rotatable bonds is 6. The van der Waals surface area contributed by atoms with Crippen LogP contribution >= 0.6 is 0 Å². The van der Waals surface area contributed by atoms with Crippen LogP contribution in [0.5, 0.6) is 5.75 Å². The summed E-state index contributed by atoms with van der Waals surface area (Å²) in [7, 11) is 2.17. The molecule has 0 radical (unpaired) electrons. The quantitative estimate of drug-likeness (QED) is 0.522. The van der Waals surface area contributed by atoms with Crippen LogP contribution in [0.4, 0.5) is 0 Å². The van der Waals surface area contributed by atoms with Crippen LogP contribution < -0.4 is 4.74 Å². The molecule has 1 amide bonds. The minimum atomic E-state index is -0.111. The Balaban J connectivity index is 1.45. The van der Waals surface area contributed by atoms with Gasteiger partial charge in [-0.15, -0.1) is 0 Å². The zero-order valence-electron chi connectivity index (χ0n) is 18.9. The lowest BCUT2D eigenvalue weighted by Crippen LogP contribution is -2.56. The number of carbonyl (C=O) groups is 2. The fourth-order valence-corrected chi connectivity index (χ4v) is 5.01. The van der Waals surface area contributed by atoms with Gasteiger partial charge in [-0.2, -0.15) is 0 Å². The zero-order valence-corrected chi connectivity index (χ0v) is 18.9. The number of benzene rings is 1. The van der Waals surface area contributed by atoms with Crippen molar-refractivity contribution in [3.63, 3.8) is 0 Å². The maximum atomic E-state index is 13.1. The van der Waals surface area contributed by atoms with Crippen molar-refractivity contribution >= 4 is 11.7 Å². The van der Waals surface area contributed by atoms with Gasteiger partial charge in [0.2, 0.25) is 0 Å². The van der Waals surface area contributed by atoms with Crippen molar-refractivity contribution in [3.8, 4) is 5.75 Å². The second kappa shape index (κ2) is 8.87. The number of piperidine rings is 1. The van der Waals surface area contributed by atoms with E-state index in [0.29, 0.717) is 25.3 Å². The number of amides is 1. The van der Waals surface area contributed by atoms with Crippen LogP contribution in [0.3, 0.4) is 0 Å². The van der Waals surface area contributed by atoms with Gasteiger partial charge >= 0.3 is 0 Å². The number of ketones is 1. The number of fused-ring (bicyclic) bond motifs is 2. The highest BCUT2D eigenvalue weighted by atomic mass is 16.5. The number of carbonyl (C=O) groups excluding carboxylic acids is 2. The summed E-state index contributed by atoms with van der Waals surface area (Å²) in [5.41, 5.74) is 2.60. The van der Waals surface area contributed by atoms with E-state index < -0.39 is 0 Å². The molecule has 0 saturated carbocycles. The Bertz CT molecular complexity index is 939. The van der Waals surface area contributed by atoms with Gasteiger partial charge in [0.15, 0.2) is 5.78 Å². The van der Waals surface area contributed by atoms with Crippen molar-refractivity contribution in [2.75, 3.05) is 33.3 Å². The molecule has 0 aliphatic carbocycles. The highest BCUT2D eigenvalue weighted by Crippen LogP contribution is 2.41. The van der Waals surface area contributed by atoms with Gasteiger partial charge in [0, 0.05) is 44.4 Å². The molecule has 6 nitrogen and oxygen atoms in total. The Morgan fingerprint density at radius 3 is 2.35 bits per heavy atom. The smallest absolute Gasteiger partial charge is 0.253 e. The van der Waals surface area contributed by atoms with Crippen LogP contribution in [-0.2, 0) is 12.1 Å². The van der Waals surface area contributed by atoms with Crippen molar-refractivity contribution in [1.29, 1.82) is 0 Å². The monoisotopic (exact) mass is 423 g/mol. The van der Waals surface area contributed by atoms with Gasteiger partial charge in [0.05, 0.1) is 17.8 Å². The number of likely N-dealkylation sites (tertiary alicyclic amines) is 1. The summed E-state index contributed by atoms with van der Waals surface area (Å²) in [6.45, 7) is 7.64. The van der Waals surface area contributed by atoms with E-state index in [-0.39, 0.29) is 17.2 Å². The van der Waals surface area contributed by atoms with Crippen LogP contribution in [0.1, 0.15) is 66.1 Å². The van der Waals surface area contributed by atoms with E-state index in [1.54, 1.807) is 6.92 Å². The van der Waals surface area contributed by atoms with Crippen LogP contribution in [0.25, 0.3) is 0 Å². The number of hydrogen-bond acceptors (Lipinski definition) is 4. The van der Waals surface area contributed by atoms with Crippen molar-refractivity contribution in [2.45, 2.75) is 51.6 Å². The number of unbranched alkanes of at least 4 members (excludes halogenated alkanes) is 1. The lowest BCUT2D eigenvalue weighted by molar-refractivity contribution is 0.0128. The summed E-state index contributed by atoms with van der Waals surface area (Å²) in [5, 5.41) is 0. The van der Waals surface area contributed by atoms with Crippen LogP contribution in [0, 0.1) is 0 Å². The second-order valence-electron chi connectivity index (χ2n) is 8.78. The van der Waals surface area contributed by atoms with Gasteiger partial charge in [-0.1, -0.05) is 13.3 Å². The lowest BCUT2D eigenvalue weighted by atomic mass is 9.81. The van der Waals surface area contributed by atoms with E-state index in [2.05, 4.69) is 29.5 Å². The summed E-state index contributed by atoms with van der Waals surface area (Å²) in [6, 6.07) is 11.6. The molecule has 1 spiro atoms. The number of ether oxygens (including phenoxy) is 1. The molecule has 3 heterocycles. The highest BCUT2D eigenvalue weighted by Gasteiger charge is 2.45. The fraction of sp³-hybridized carbons (Fsp3) is 0.520. The molecule has 1 aromatic carbocycles. The minimum Gasteiger partial charge on any atom is -0.494 e. The normalized spacial score (nSPS) is 18.1. The molecule has 1 fully saturated rings. The molecule has 2 aliphatic rings. The van der Waals surface area contributed by atoms with Gasteiger partial charge in [0.25, 0.3) is 5.91 Å². The van der Waals surface area contributed by atoms with E-state index in [1.807, 2.05) is 35.2 Å². The summed E-state index contributed by atoms with van der Waals surface area (Å²) in [4.78, 5) is 29.5. The van der Waals surface area contributed by atoms with Crippen molar-refractivity contribution in [3.05, 3.63) is 53.3 Å². The molecule has 2 aromatic rings. The molecule has 1 aromatic heterocycles. The summed E-state index contributed by atoms with van der Waals surface area (Å²) >= 11 is 0. The lowest BCUT2D eigenvalue weighted by Gasteiger charge is -2.50. The largest absolute Gasteiger partial charge is 0.494 e. The van der Waals surface area contributed by atoms with Gasteiger partial charge in [-0.05, 0) is 62.7 Å². The Kier molecular flexibility index (Phi) is 6.19. The van der Waals surface area contributed by atoms with Gasteiger partial charge < -0.3 is 14.2 Å². The Labute approximate surface area is 184 Å². The molecule has 4 rings (SSSR count). The van der Waals surface area contributed by atoms with Gasteiger partial charge in [-0.25, -0.2) is 0 Å². The third-order valence-electron chi connectivity index (χ3n) is 6.95. The zero-order chi connectivity index (χ0) is 22.0. The maximum Gasteiger partial charge on any atom is 0.253 e. The van der Waals surface area contributed by atoms with E-state index in [1.165, 1.54) is 5.69 Å². The van der Waals surface area contributed by atoms with Crippen molar-refractivity contribution in [1.82, 2.24) is 14.4 Å². The highest BCUT2D eigenvalue weighted by molar-refractivity contribution is 5.94. The number of nitrogens with zero attached hydrogens (tertiary/aromatic N) is 3. The van der Waals surface area contributed by atoms with E-state index in [4.69, 9.17) is 4.74 Å². The molecule has 0 atom stereocenters. The first-order valence-electron chi connectivity index (χ1n) is 11.4. The van der Waals surface area contributed by atoms with Crippen molar-refractivity contribution in [2.24, 2.45) is 0 Å². The third-order valence-corrected chi connectivity index (χ3v) is 6.95. The van der Waals surface area contributed by atoms with Crippen LogP contribution in [0.2, 0.25) is 0 Å². The molecular formula is C25H33N3O3. The van der Waals surface area contributed by atoms with Crippen LogP contribution in [-0.4, -0.2) is 59.3 Å². The molecular weight excluding hydrogens is 390 g/mol. The standard InChI is InChI=1S/C25H33N3O3/c1-4-5-18-31-21-8-6-20(7-9-21)24(30)27-14-12-25(13-15-27)23-11-10-22(19(2)29)28(23)17-16-26(25)3/h6-11H,4-5,12-18H2,1-3H3. The number of likely N-dealkylation sites (N-methyl/N-ethyl adjacent to an activating group) is 1. The molecule has 0 N–H and O–H groups in total. The number of aromatic nitrogens is 1. The van der Waals surface area contributed by atoms with E-state index >= 15 is 0 Å². The van der Waals surface area contributed by atoms with Gasteiger partial charge in [-0.3, -0.25) is 14.5 Å². The average molecular weight is 424 g/mol.